The zero-order chi connectivity index (χ0) is 10.8. The number of ether oxygens (including phenoxy) is 1. The maximum atomic E-state index is 11.7. The van der Waals surface area contributed by atoms with Crippen LogP contribution in [0.1, 0.15) is 25.7 Å². The van der Waals surface area contributed by atoms with Crippen LogP contribution in [-0.4, -0.2) is 43.2 Å². The van der Waals surface area contributed by atoms with Crippen molar-refractivity contribution in [1.82, 2.24) is 4.90 Å². The number of hydrogen-bond acceptors (Lipinski definition) is 4. The Bertz CT molecular complexity index is 233. The van der Waals surface area contributed by atoms with E-state index < -0.39 is 0 Å². The van der Waals surface area contributed by atoms with Gasteiger partial charge in [0.05, 0.1) is 7.11 Å². The van der Waals surface area contributed by atoms with Gasteiger partial charge in [0.2, 0.25) is 0 Å². The summed E-state index contributed by atoms with van der Waals surface area (Å²) in [5.74, 6) is 0.472. The van der Waals surface area contributed by atoms with Crippen molar-refractivity contribution in [3.05, 3.63) is 0 Å². The second kappa shape index (κ2) is 4.49. The minimum absolute atomic E-state index is 0.00231. The minimum atomic E-state index is -0.0621. The molecule has 0 spiro atoms. The van der Waals surface area contributed by atoms with Crippen LogP contribution in [0.2, 0.25) is 0 Å². The third kappa shape index (κ3) is 2.49. The van der Waals surface area contributed by atoms with Crippen molar-refractivity contribution < 1.29 is 9.53 Å². The summed E-state index contributed by atoms with van der Waals surface area (Å²) in [7, 11) is 1.48. The zero-order valence-corrected chi connectivity index (χ0v) is 9.32. The highest BCUT2D eigenvalue weighted by atomic mass is 16.5. The minimum Gasteiger partial charge on any atom is -0.468 e. The number of carbonyl (C=O) groups is 1. The molecule has 4 nitrogen and oxygen atoms in total. The molecule has 0 radical (unpaired) electrons. The Kier molecular flexibility index (Phi) is 3.26. The first-order valence-corrected chi connectivity index (χ1v) is 5.80. The van der Waals surface area contributed by atoms with Crippen molar-refractivity contribution in [3.8, 4) is 0 Å². The van der Waals surface area contributed by atoms with Gasteiger partial charge in [0.1, 0.15) is 6.04 Å². The van der Waals surface area contributed by atoms with Crippen molar-refractivity contribution >= 4 is 5.97 Å². The summed E-state index contributed by atoms with van der Waals surface area (Å²) in [6, 6.07) is 0.321. The summed E-state index contributed by atoms with van der Waals surface area (Å²) >= 11 is 0. The third-order valence-corrected chi connectivity index (χ3v) is 3.48. The van der Waals surface area contributed by atoms with Crippen molar-refractivity contribution in [2.24, 2.45) is 11.7 Å². The van der Waals surface area contributed by atoms with E-state index in [4.69, 9.17) is 10.5 Å². The van der Waals surface area contributed by atoms with Gasteiger partial charge in [-0.2, -0.15) is 0 Å². The Balaban J connectivity index is 1.95. The molecule has 2 aliphatic rings. The molecule has 0 aromatic carbocycles. The highest BCUT2D eigenvalue weighted by Crippen LogP contribution is 2.36. The van der Waals surface area contributed by atoms with E-state index in [1.165, 1.54) is 20.0 Å². The number of nitrogens with two attached hydrogens (primary N) is 1. The first kappa shape index (κ1) is 10.9. The fourth-order valence-electron chi connectivity index (χ4n) is 2.37. The summed E-state index contributed by atoms with van der Waals surface area (Å²) in [6.07, 6.45) is 4.34. The van der Waals surface area contributed by atoms with E-state index in [2.05, 4.69) is 4.90 Å². The molecule has 2 fully saturated rings. The van der Waals surface area contributed by atoms with Gasteiger partial charge in [-0.15, -0.1) is 0 Å². The normalized spacial score (nSPS) is 26.3. The van der Waals surface area contributed by atoms with Crippen LogP contribution in [0, 0.1) is 5.92 Å². The topological polar surface area (TPSA) is 55.6 Å². The first-order valence-electron chi connectivity index (χ1n) is 5.80. The van der Waals surface area contributed by atoms with Crippen molar-refractivity contribution in [2.45, 2.75) is 37.8 Å². The smallest absolute Gasteiger partial charge is 0.323 e. The molecule has 1 saturated carbocycles. The van der Waals surface area contributed by atoms with E-state index >= 15 is 0 Å². The molecule has 1 saturated heterocycles. The monoisotopic (exact) mass is 212 g/mol. The van der Waals surface area contributed by atoms with Crippen LogP contribution >= 0.6 is 0 Å². The maximum Gasteiger partial charge on any atom is 0.323 e. The van der Waals surface area contributed by atoms with Gasteiger partial charge in [-0.05, 0) is 31.6 Å². The number of methoxy groups -OCH3 is 1. The van der Waals surface area contributed by atoms with E-state index in [0.29, 0.717) is 12.0 Å². The molecule has 1 unspecified atom stereocenters. The molecule has 1 aliphatic carbocycles. The summed E-state index contributed by atoms with van der Waals surface area (Å²) in [4.78, 5) is 13.9. The summed E-state index contributed by atoms with van der Waals surface area (Å²) in [6.45, 7) is 1.88. The number of piperidine rings is 1. The second-order valence-corrected chi connectivity index (χ2v) is 4.68. The Labute approximate surface area is 90.8 Å². The molecule has 1 heterocycles. The predicted octanol–water partition coefficient (Wildman–Crippen LogP) is 0.361. The molecular weight excluding hydrogens is 192 g/mol. The molecule has 2 rings (SSSR count). The molecular formula is C11H20N2O2. The molecule has 0 aromatic rings. The van der Waals surface area contributed by atoms with Crippen molar-refractivity contribution in [1.29, 1.82) is 0 Å². The van der Waals surface area contributed by atoms with E-state index in [1.54, 1.807) is 0 Å². The van der Waals surface area contributed by atoms with Crippen LogP contribution in [0.3, 0.4) is 0 Å². The van der Waals surface area contributed by atoms with Gasteiger partial charge in [0.15, 0.2) is 0 Å². The molecule has 1 atom stereocenters. The van der Waals surface area contributed by atoms with Crippen LogP contribution < -0.4 is 5.73 Å². The fourth-order valence-corrected chi connectivity index (χ4v) is 2.37. The molecule has 0 aromatic heterocycles. The lowest BCUT2D eigenvalue weighted by atomic mass is 10.0. The quantitative estimate of drug-likeness (QED) is 0.686. The van der Waals surface area contributed by atoms with Crippen LogP contribution in [0.25, 0.3) is 0 Å². The zero-order valence-electron chi connectivity index (χ0n) is 9.32. The molecule has 1 aliphatic heterocycles. The number of nitrogens with zero attached hydrogens (tertiary/aromatic N) is 1. The van der Waals surface area contributed by atoms with E-state index in [-0.39, 0.29) is 12.0 Å². The molecule has 15 heavy (non-hydrogen) atoms. The molecule has 86 valence electrons. The standard InChI is InChI=1S/C11H20N2O2/c1-15-11(14)10(8-2-3-8)13-6-4-9(12)5-7-13/h8-10H,2-7,12H2,1H3. The fraction of sp³-hybridized carbons (Fsp3) is 0.909. The van der Waals surface area contributed by atoms with Gasteiger partial charge in [0.25, 0.3) is 0 Å². The highest BCUT2D eigenvalue weighted by molar-refractivity contribution is 5.76. The van der Waals surface area contributed by atoms with Crippen LogP contribution in [-0.2, 0) is 9.53 Å². The lowest BCUT2D eigenvalue weighted by Crippen LogP contribution is -2.49. The van der Waals surface area contributed by atoms with Crippen molar-refractivity contribution in [3.63, 3.8) is 0 Å². The highest BCUT2D eigenvalue weighted by Gasteiger charge is 2.41. The summed E-state index contributed by atoms with van der Waals surface area (Å²) in [5.41, 5.74) is 5.85. The number of likely N-dealkylation sites (tertiary alicyclic amines) is 1. The van der Waals surface area contributed by atoms with E-state index in [1.807, 2.05) is 0 Å². The second-order valence-electron chi connectivity index (χ2n) is 4.68. The van der Waals surface area contributed by atoms with Gasteiger partial charge in [0, 0.05) is 19.1 Å². The number of carbonyl (C=O) groups excluding carboxylic acids is 1. The summed E-state index contributed by atoms with van der Waals surface area (Å²) in [5, 5.41) is 0. The lowest BCUT2D eigenvalue weighted by Gasteiger charge is -2.35. The Morgan fingerprint density at radius 3 is 2.40 bits per heavy atom. The summed E-state index contributed by atoms with van der Waals surface area (Å²) < 4.78 is 4.88. The molecule has 0 bridgehead atoms. The lowest BCUT2D eigenvalue weighted by molar-refractivity contribution is -0.148. The van der Waals surface area contributed by atoms with Gasteiger partial charge >= 0.3 is 5.97 Å². The van der Waals surface area contributed by atoms with Gasteiger partial charge in [-0.25, -0.2) is 0 Å². The largest absolute Gasteiger partial charge is 0.468 e. The Morgan fingerprint density at radius 2 is 1.93 bits per heavy atom. The number of esters is 1. The molecule has 2 N–H and O–H groups in total. The Morgan fingerprint density at radius 1 is 1.33 bits per heavy atom. The van der Waals surface area contributed by atoms with Crippen LogP contribution in [0.4, 0.5) is 0 Å². The Hall–Kier alpha value is -0.610. The SMILES string of the molecule is COC(=O)C(C1CC1)N1CCC(N)CC1. The van der Waals surface area contributed by atoms with E-state index in [9.17, 15) is 4.79 Å². The van der Waals surface area contributed by atoms with E-state index in [0.717, 1.165) is 25.9 Å². The molecule has 0 amide bonds. The predicted molar refractivity (Wildman–Crippen MR) is 57.3 cm³/mol. The van der Waals surface area contributed by atoms with Crippen LogP contribution in [0.5, 0.6) is 0 Å². The maximum absolute atomic E-state index is 11.7. The number of hydrogen-bond donors (Lipinski definition) is 1. The number of rotatable bonds is 3. The van der Waals surface area contributed by atoms with Crippen LogP contribution in [0.15, 0.2) is 0 Å². The first-order chi connectivity index (χ1) is 7.22. The molecule has 4 heteroatoms. The van der Waals surface area contributed by atoms with Gasteiger partial charge < -0.3 is 10.5 Å². The third-order valence-electron chi connectivity index (χ3n) is 3.48. The average Bonchev–Trinajstić information content (AvgIpc) is 3.05. The van der Waals surface area contributed by atoms with Gasteiger partial charge in [-0.3, -0.25) is 9.69 Å². The average molecular weight is 212 g/mol. The van der Waals surface area contributed by atoms with Gasteiger partial charge in [-0.1, -0.05) is 0 Å². The van der Waals surface area contributed by atoms with Crippen molar-refractivity contribution in [2.75, 3.05) is 20.2 Å².